The molecule has 0 radical (unpaired) electrons. The summed E-state index contributed by atoms with van der Waals surface area (Å²) in [5.74, 6) is -0.476. The summed E-state index contributed by atoms with van der Waals surface area (Å²) in [5.41, 5.74) is -0.110. The van der Waals surface area contributed by atoms with E-state index in [-0.39, 0.29) is 34.0 Å². The van der Waals surface area contributed by atoms with Crippen molar-refractivity contribution in [1.82, 2.24) is 24.1 Å². The van der Waals surface area contributed by atoms with Crippen LogP contribution in [-0.4, -0.2) is 49.5 Å². The quantitative estimate of drug-likeness (QED) is 0.495. The fraction of sp³-hybridized carbons (Fsp3) is 0.350. The number of hydrogen-bond donors (Lipinski definition) is 1. The number of aliphatic hydroxyl groups excluding tert-OH is 1. The van der Waals surface area contributed by atoms with Gasteiger partial charge in [0, 0.05) is 7.11 Å². The highest BCUT2D eigenvalue weighted by atomic mass is 19.1. The number of aromatic nitrogens is 5. The van der Waals surface area contributed by atoms with Gasteiger partial charge in [0.1, 0.15) is 35.0 Å². The molecule has 0 spiro atoms. The molecule has 0 amide bonds. The van der Waals surface area contributed by atoms with Crippen molar-refractivity contribution in [3.8, 4) is 17.6 Å². The highest BCUT2D eigenvalue weighted by Gasteiger charge is 2.25. The largest absolute Gasteiger partial charge is 0.394 e. The SMILES string of the molecule is COCC(C)c1nc(-c2ncn3c2c(=O)n(C(C)CO)c2c(C#N)c(F)ccc23)no1. The number of benzene rings is 1. The number of fused-ring (bicyclic) bond motifs is 3. The fourth-order valence-electron chi connectivity index (χ4n) is 3.57. The molecular formula is C20H19FN6O4. The van der Waals surface area contributed by atoms with Crippen molar-refractivity contribution >= 4 is 16.6 Å². The van der Waals surface area contributed by atoms with Gasteiger partial charge in [-0.15, -0.1) is 0 Å². The maximum Gasteiger partial charge on any atom is 0.278 e. The van der Waals surface area contributed by atoms with Crippen molar-refractivity contribution in [2.75, 3.05) is 20.3 Å². The van der Waals surface area contributed by atoms with Crippen LogP contribution in [0.4, 0.5) is 4.39 Å². The van der Waals surface area contributed by atoms with Crippen LogP contribution < -0.4 is 5.56 Å². The summed E-state index contributed by atoms with van der Waals surface area (Å²) in [6, 6.07) is 3.69. The number of nitrogens with zero attached hydrogens (tertiary/aromatic N) is 6. The Hall–Kier alpha value is -3.62. The van der Waals surface area contributed by atoms with Crippen molar-refractivity contribution in [3.63, 3.8) is 0 Å². The van der Waals surface area contributed by atoms with E-state index in [9.17, 15) is 19.6 Å². The summed E-state index contributed by atoms with van der Waals surface area (Å²) in [4.78, 5) is 22.1. The zero-order valence-electron chi connectivity index (χ0n) is 17.0. The molecule has 3 heterocycles. The number of halogens is 1. The van der Waals surface area contributed by atoms with Gasteiger partial charge in [-0.1, -0.05) is 12.1 Å². The molecule has 4 rings (SSSR count). The molecule has 2 atom stereocenters. The van der Waals surface area contributed by atoms with E-state index < -0.39 is 24.0 Å². The zero-order valence-corrected chi connectivity index (χ0v) is 17.0. The van der Waals surface area contributed by atoms with E-state index in [0.717, 1.165) is 6.07 Å². The number of rotatable bonds is 6. The molecule has 0 aliphatic rings. The minimum Gasteiger partial charge on any atom is -0.394 e. The van der Waals surface area contributed by atoms with Gasteiger partial charge >= 0.3 is 0 Å². The van der Waals surface area contributed by atoms with Crippen LogP contribution in [-0.2, 0) is 4.74 Å². The average molecular weight is 426 g/mol. The third-order valence-electron chi connectivity index (χ3n) is 5.10. The van der Waals surface area contributed by atoms with Gasteiger partial charge in [0.2, 0.25) is 11.7 Å². The second-order valence-corrected chi connectivity index (χ2v) is 7.23. The minimum atomic E-state index is -0.761. The summed E-state index contributed by atoms with van der Waals surface area (Å²) < 4.78 is 27.4. The fourth-order valence-corrected chi connectivity index (χ4v) is 3.57. The van der Waals surface area contributed by atoms with E-state index in [1.54, 1.807) is 14.0 Å². The first-order valence-electron chi connectivity index (χ1n) is 9.50. The van der Waals surface area contributed by atoms with Crippen LogP contribution in [0.1, 0.15) is 37.3 Å². The lowest BCUT2D eigenvalue weighted by Gasteiger charge is -2.18. The Balaban J connectivity index is 2.06. The molecule has 0 saturated carbocycles. The lowest BCUT2D eigenvalue weighted by atomic mass is 10.1. The minimum absolute atomic E-state index is 0.0769. The monoisotopic (exact) mass is 426 g/mol. The van der Waals surface area contributed by atoms with Crippen LogP contribution in [0.5, 0.6) is 0 Å². The van der Waals surface area contributed by atoms with E-state index in [4.69, 9.17) is 9.26 Å². The maximum absolute atomic E-state index is 14.3. The topological polar surface area (TPSA) is 131 Å². The van der Waals surface area contributed by atoms with Crippen LogP contribution >= 0.6 is 0 Å². The average Bonchev–Trinajstić information content (AvgIpc) is 3.41. The predicted octanol–water partition coefficient (Wildman–Crippen LogP) is 2.01. The van der Waals surface area contributed by atoms with E-state index in [1.807, 2.05) is 13.0 Å². The van der Waals surface area contributed by atoms with Crippen molar-refractivity contribution in [3.05, 3.63) is 46.1 Å². The second kappa shape index (κ2) is 7.90. The van der Waals surface area contributed by atoms with E-state index in [0.29, 0.717) is 18.0 Å². The van der Waals surface area contributed by atoms with Gasteiger partial charge in [-0.25, -0.2) is 9.37 Å². The highest BCUT2D eigenvalue weighted by molar-refractivity contribution is 5.87. The predicted molar refractivity (Wildman–Crippen MR) is 107 cm³/mol. The third-order valence-corrected chi connectivity index (χ3v) is 5.10. The standard InChI is InChI=1S/C20H19FN6O4/c1-10(8-30-3)19-24-18(25-31-19)15-17-20(29)27(11(2)7-28)16-12(6-22)13(21)4-5-14(16)26(17)9-23-15/h4-5,9-11,28H,7-8H2,1-3H3. The van der Waals surface area contributed by atoms with Crippen LogP contribution in [0.3, 0.4) is 0 Å². The smallest absolute Gasteiger partial charge is 0.278 e. The Morgan fingerprint density at radius 1 is 1.35 bits per heavy atom. The molecule has 4 aromatic rings. The first kappa shape index (κ1) is 20.6. The molecule has 0 saturated heterocycles. The van der Waals surface area contributed by atoms with Crippen molar-refractivity contribution in [2.45, 2.75) is 25.8 Å². The molecule has 11 heteroatoms. The molecule has 31 heavy (non-hydrogen) atoms. The van der Waals surface area contributed by atoms with Crippen molar-refractivity contribution < 1.29 is 18.8 Å². The highest BCUT2D eigenvalue weighted by Crippen LogP contribution is 2.28. The van der Waals surface area contributed by atoms with E-state index in [2.05, 4.69) is 15.1 Å². The molecule has 0 bridgehead atoms. The molecule has 10 nitrogen and oxygen atoms in total. The Morgan fingerprint density at radius 3 is 2.81 bits per heavy atom. The second-order valence-electron chi connectivity index (χ2n) is 7.23. The molecular weight excluding hydrogens is 407 g/mol. The molecule has 1 N–H and O–H groups in total. The van der Waals surface area contributed by atoms with Crippen LogP contribution in [0.15, 0.2) is 27.8 Å². The third kappa shape index (κ3) is 3.17. The summed E-state index contributed by atoms with van der Waals surface area (Å²) in [7, 11) is 1.56. The lowest BCUT2D eigenvalue weighted by Crippen LogP contribution is -2.28. The lowest BCUT2D eigenvalue weighted by molar-refractivity contribution is 0.170. The number of imidazole rings is 1. The van der Waals surface area contributed by atoms with E-state index in [1.165, 1.54) is 21.4 Å². The maximum atomic E-state index is 14.3. The molecule has 2 unspecified atom stereocenters. The Morgan fingerprint density at radius 2 is 2.13 bits per heavy atom. The van der Waals surface area contributed by atoms with Gasteiger partial charge in [0.15, 0.2) is 0 Å². The summed E-state index contributed by atoms with van der Waals surface area (Å²) in [6.45, 7) is 3.43. The zero-order chi connectivity index (χ0) is 22.3. The molecule has 0 fully saturated rings. The summed E-state index contributed by atoms with van der Waals surface area (Å²) in [6.07, 6.45) is 1.38. The van der Waals surface area contributed by atoms with Crippen molar-refractivity contribution in [1.29, 1.82) is 5.26 Å². The number of methoxy groups -OCH3 is 1. The Bertz CT molecular complexity index is 1380. The van der Waals surface area contributed by atoms with Crippen molar-refractivity contribution in [2.24, 2.45) is 0 Å². The van der Waals surface area contributed by atoms with Gasteiger partial charge in [-0.05, 0) is 19.1 Å². The van der Waals surface area contributed by atoms with Gasteiger partial charge in [0.25, 0.3) is 5.56 Å². The van der Waals surface area contributed by atoms with Gasteiger partial charge in [-0.2, -0.15) is 10.2 Å². The van der Waals surface area contributed by atoms with Gasteiger partial charge < -0.3 is 14.4 Å². The number of aliphatic hydroxyl groups is 1. The summed E-state index contributed by atoms with van der Waals surface area (Å²) in [5, 5.41) is 23.2. The first-order chi connectivity index (χ1) is 14.9. The molecule has 0 aliphatic heterocycles. The Labute approximate surface area is 175 Å². The van der Waals surface area contributed by atoms with Crippen LogP contribution in [0, 0.1) is 17.1 Å². The van der Waals surface area contributed by atoms with Crippen LogP contribution in [0.25, 0.3) is 28.1 Å². The summed E-state index contributed by atoms with van der Waals surface area (Å²) >= 11 is 0. The number of ether oxygens (including phenoxy) is 1. The van der Waals surface area contributed by atoms with Gasteiger partial charge in [0.05, 0.1) is 36.2 Å². The number of nitriles is 1. The molecule has 3 aromatic heterocycles. The molecule has 160 valence electrons. The van der Waals surface area contributed by atoms with Crippen LogP contribution in [0.2, 0.25) is 0 Å². The normalized spacial score (nSPS) is 13.5. The number of hydrogen-bond acceptors (Lipinski definition) is 8. The Kier molecular flexibility index (Phi) is 5.26. The molecule has 1 aromatic carbocycles. The van der Waals surface area contributed by atoms with Gasteiger partial charge in [-0.3, -0.25) is 13.8 Å². The first-order valence-corrected chi connectivity index (χ1v) is 9.50. The van der Waals surface area contributed by atoms with E-state index >= 15 is 0 Å². The molecule has 0 aliphatic carbocycles.